The smallest absolute Gasteiger partial charge is 0.167 e. The Morgan fingerprint density at radius 1 is 1.12 bits per heavy atom. The quantitative estimate of drug-likeness (QED) is 0.548. The van der Waals surface area contributed by atoms with Gasteiger partial charge in [0.05, 0.1) is 13.7 Å². The normalized spacial score (nSPS) is 13.4. The van der Waals surface area contributed by atoms with Crippen LogP contribution >= 0.6 is 0 Å². The summed E-state index contributed by atoms with van der Waals surface area (Å²) < 4.78 is 11.1. The van der Waals surface area contributed by atoms with Crippen molar-refractivity contribution in [2.45, 2.75) is 19.3 Å². The first-order chi connectivity index (χ1) is 11.7. The van der Waals surface area contributed by atoms with Gasteiger partial charge >= 0.3 is 0 Å². The molecule has 0 saturated heterocycles. The Morgan fingerprint density at radius 3 is 2.50 bits per heavy atom. The van der Waals surface area contributed by atoms with Crippen LogP contribution in [0.15, 0.2) is 42.5 Å². The van der Waals surface area contributed by atoms with Crippen LogP contribution in [0.2, 0.25) is 0 Å². The van der Waals surface area contributed by atoms with Crippen molar-refractivity contribution in [2.24, 2.45) is 5.92 Å². The highest BCUT2D eigenvalue weighted by atomic mass is 16.5. The van der Waals surface area contributed by atoms with Gasteiger partial charge in [-0.1, -0.05) is 24.3 Å². The van der Waals surface area contributed by atoms with Crippen LogP contribution < -0.4 is 9.47 Å². The number of rotatable bonds is 8. The molecule has 3 rings (SSSR count). The molecule has 2 aromatic carbocycles. The van der Waals surface area contributed by atoms with E-state index in [9.17, 15) is 9.59 Å². The van der Waals surface area contributed by atoms with Crippen LogP contribution in [0.4, 0.5) is 0 Å². The number of carbonyl (C=O) groups is 2. The highest BCUT2D eigenvalue weighted by Gasteiger charge is 2.23. The summed E-state index contributed by atoms with van der Waals surface area (Å²) in [5.41, 5.74) is 2.08. The third kappa shape index (κ3) is 4.02. The predicted octanol–water partition coefficient (Wildman–Crippen LogP) is 3.72. The van der Waals surface area contributed by atoms with Gasteiger partial charge in [0.25, 0.3) is 0 Å². The minimum atomic E-state index is 0.00720. The fourth-order valence-corrected chi connectivity index (χ4v) is 2.46. The van der Waals surface area contributed by atoms with Gasteiger partial charge in [0, 0.05) is 17.5 Å². The largest absolute Gasteiger partial charge is 0.493 e. The van der Waals surface area contributed by atoms with Crippen molar-refractivity contribution in [1.29, 1.82) is 0 Å². The molecule has 4 nitrogen and oxygen atoms in total. The Hall–Kier alpha value is -2.62. The summed E-state index contributed by atoms with van der Waals surface area (Å²) in [5, 5.41) is 0. The monoisotopic (exact) mass is 324 g/mol. The van der Waals surface area contributed by atoms with Crippen molar-refractivity contribution >= 4 is 12.1 Å². The zero-order chi connectivity index (χ0) is 16.9. The minimum Gasteiger partial charge on any atom is -0.493 e. The van der Waals surface area contributed by atoms with Crippen molar-refractivity contribution in [1.82, 2.24) is 0 Å². The van der Waals surface area contributed by atoms with Gasteiger partial charge in [0.1, 0.15) is 6.29 Å². The highest BCUT2D eigenvalue weighted by Crippen LogP contribution is 2.33. The van der Waals surface area contributed by atoms with Crippen molar-refractivity contribution in [2.75, 3.05) is 13.7 Å². The second kappa shape index (κ2) is 7.30. The summed E-state index contributed by atoms with van der Waals surface area (Å²) in [6, 6.07) is 12.3. The lowest BCUT2D eigenvalue weighted by Crippen LogP contribution is -2.06. The summed E-state index contributed by atoms with van der Waals surface area (Å²) in [7, 11) is 1.59. The van der Waals surface area contributed by atoms with Gasteiger partial charge in [-0.3, -0.25) is 9.59 Å². The Morgan fingerprint density at radius 2 is 1.88 bits per heavy atom. The molecule has 1 saturated carbocycles. The number of benzene rings is 2. The lowest BCUT2D eigenvalue weighted by molar-refractivity contribution is 0.0992. The highest BCUT2D eigenvalue weighted by molar-refractivity contribution is 5.98. The third-order valence-corrected chi connectivity index (χ3v) is 4.14. The number of ketones is 1. The number of Topliss-reactive ketones (excluding diaryl/α,β-unsaturated/α-hetero) is 1. The SMILES string of the molecule is COc1ccc(C(=O)Cc2ccc(C=O)cc2)cc1OCC1CC1. The van der Waals surface area contributed by atoms with E-state index in [-0.39, 0.29) is 12.2 Å². The summed E-state index contributed by atoms with van der Waals surface area (Å²) in [5.74, 6) is 1.90. The lowest BCUT2D eigenvalue weighted by Gasteiger charge is -2.12. The first-order valence-electron chi connectivity index (χ1n) is 8.07. The fourth-order valence-electron chi connectivity index (χ4n) is 2.46. The average molecular weight is 324 g/mol. The second-order valence-corrected chi connectivity index (χ2v) is 6.08. The molecule has 0 bridgehead atoms. The van der Waals surface area contributed by atoms with Crippen molar-refractivity contribution in [3.05, 3.63) is 59.2 Å². The molecule has 0 atom stereocenters. The zero-order valence-electron chi connectivity index (χ0n) is 13.7. The molecule has 0 unspecified atom stereocenters. The maximum atomic E-state index is 12.5. The van der Waals surface area contributed by atoms with E-state index in [4.69, 9.17) is 9.47 Å². The number of ether oxygens (including phenoxy) is 2. The van der Waals surface area contributed by atoms with Crippen molar-refractivity contribution in [3.8, 4) is 11.5 Å². The summed E-state index contributed by atoms with van der Waals surface area (Å²) in [4.78, 5) is 23.2. The molecular formula is C20H20O4. The van der Waals surface area contributed by atoms with Crippen LogP contribution in [0, 0.1) is 5.92 Å². The Kier molecular flexibility index (Phi) is 4.94. The summed E-state index contributed by atoms with van der Waals surface area (Å²) >= 11 is 0. The van der Waals surface area contributed by atoms with Crippen molar-refractivity contribution in [3.63, 3.8) is 0 Å². The molecule has 0 amide bonds. The molecule has 4 heteroatoms. The van der Waals surface area contributed by atoms with Crippen LogP contribution in [0.1, 0.15) is 39.1 Å². The standard InChI is InChI=1S/C20H20O4/c1-23-19-9-8-17(11-20(19)24-13-16-6-7-16)18(22)10-14-2-4-15(12-21)5-3-14/h2-5,8-9,11-12,16H,6-7,10,13H2,1H3. The van der Waals surface area contributed by atoms with Gasteiger partial charge in [-0.25, -0.2) is 0 Å². The van der Waals surface area contributed by atoms with Crippen LogP contribution in [-0.4, -0.2) is 25.8 Å². The molecular weight excluding hydrogens is 304 g/mol. The summed E-state index contributed by atoms with van der Waals surface area (Å²) in [6.07, 6.45) is 3.49. The maximum absolute atomic E-state index is 12.5. The van der Waals surface area contributed by atoms with E-state index >= 15 is 0 Å². The number of methoxy groups -OCH3 is 1. The molecule has 1 aliphatic rings. The predicted molar refractivity (Wildman–Crippen MR) is 91.1 cm³/mol. The van der Waals surface area contributed by atoms with Gasteiger partial charge < -0.3 is 9.47 Å². The molecule has 2 aromatic rings. The molecule has 0 spiro atoms. The van der Waals surface area contributed by atoms with Gasteiger partial charge in [0.15, 0.2) is 17.3 Å². The molecule has 0 aliphatic heterocycles. The lowest BCUT2D eigenvalue weighted by atomic mass is 10.0. The van der Waals surface area contributed by atoms with Crippen LogP contribution in [-0.2, 0) is 6.42 Å². The second-order valence-electron chi connectivity index (χ2n) is 6.08. The van der Waals surface area contributed by atoms with E-state index in [0.29, 0.717) is 35.2 Å². The Labute approximate surface area is 141 Å². The van der Waals surface area contributed by atoms with Crippen LogP contribution in [0.3, 0.4) is 0 Å². The molecule has 1 fully saturated rings. The van der Waals surface area contributed by atoms with E-state index in [1.54, 1.807) is 49.6 Å². The van der Waals surface area contributed by atoms with E-state index in [2.05, 4.69) is 0 Å². The number of carbonyl (C=O) groups excluding carboxylic acids is 2. The van der Waals surface area contributed by atoms with Gasteiger partial charge in [0.2, 0.25) is 0 Å². The van der Waals surface area contributed by atoms with E-state index in [1.165, 1.54) is 12.8 Å². The molecule has 1 aliphatic carbocycles. The fraction of sp³-hybridized carbons (Fsp3) is 0.300. The van der Waals surface area contributed by atoms with Gasteiger partial charge in [-0.2, -0.15) is 0 Å². The van der Waals surface area contributed by atoms with Gasteiger partial charge in [-0.05, 0) is 42.5 Å². The number of hydrogen-bond donors (Lipinski definition) is 0. The molecule has 24 heavy (non-hydrogen) atoms. The molecule has 0 aromatic heterocycles. The molecule has 0 radical (unpaired) electrons. The molecule has 0 N–H and O–H groups in total. The zero-order valence-corrected chi connectivity index (χ0v) is 13.7. The maximum Gasteiger partial charge on any atom is 0.167 e. The number of aldehydes is 1. The minimum absolute atomic E-state index is 0.00720. The van der Waals surface area contributed by atoms with Crippen LogP contribution in [0.5, 0.6) is 11.5 Å². The van der Waals surface area contributed by atoms with Gasteiger partial charge in [-0.15, -0.1) is 0 Å². The Bertz CT molecular complexity index is 730. The molecule has 124 valence electrons. The topological polar surface area (TPSA) is 52.6 Å². The summed E-state index contributed by atoms with van der Waals surface area (Å²) in [6.45, 7) is 0.668. The molecule has 0 heterocycles. The van der Waals surface area contributed by atoms with Crippen molar-refractivity contribution < 1.29 is 19.1 Å². The Balaban J connectivity index is 1.72. The first kappa shape index (κ1) is 16.2. The van der Waals surface area contributed by atoms with E-state index in [1.807, 2.05) is 0 Å². The van der Waals surface area contributed by atoms with Crippen LogP contribution in [0.25, 0.3) is 0 Å². The average Bonchev–Trinajstić information content (AvgIpc) is 3.44. The van der Waals surface area contributed by atoms with E-state index < -0.39 is 0 Å². The first-order valence-corrected chi connectivity index (χ1v) is 8.07. The van der Waals surface area contributed by atoms with E-state index in [0.717, 1.165) is 11.8 Å². The third-order valence-electron chi connectivity index (χ3n) is 4.14. The number of hydrogen-bond acceptors (Lipinski definition) is 4.